The van der Waals surface area contributed by atoms with Crippen molar-refractivity contribution < 1.29 is 13.2 Å². The summed E-state index contributed by atoms with van der Waals surface area (Å²) in [5.74, 6) is -0.323. The molecule has 1 aliphatic heterocycles. The number of hydrogen-bond donors (Lipinski definition) is 1. The molecule has 0 radical (unpaired) electrons. The highest BCUT2D eigenvalue weighted by Crippen LogP contribution is 2.37. The first-order valence-electron chi connectivity index (χ1n) is 10.7. The fraction of sp³-hybridized carbons (Fsp3) is 0.240. The van der Waals surface area contributed by atoms with Crippen LogP contribution in [0.1, 0.15) is 21.5 Å². The maximum absolute atomic E-state index is 13.0. The molecule has 1 N–H and O–H groups in total. The molecule has 6 nitrogen and oxygen atoms in total. The van der Waals surface area contributed by atoms with Gasteiger partial charge in [0.1, 0.15) is 0 Å². The van der Waals surface area contributed by atoms with Gasteiger partial charge in [-0.15, -0.1) is 0 Å². The van der Waals surface area contributed by atoms with Gasteiger partial charge in [0.05, 0.1) is 4.90 Å². The number of benzene rings is 3. The first kappa shape index (κ1) is 20.9. The third-order valence-electron chi connectivity index (χ3n) is 6.25. The van der Waals surface area contributed by atoms with Crippen molar-refractivity contribution in [3.05, 3.63) is 83.4 Å². The van der Waals surface area contributed by atoms with Gasteiger partial charge in [0.15, 0.2) is 0 Å². The highest BCUT2D eigenvalue weighted by Gasteiger charge is 2.28. The van der Waals surface area contributed by atoms with E-state index in [9.17, 15) is 13.2 Å². The summed E-state index contributed by atoms with van der Waals surface area (Å²) in [5.41, 5.74) is 5.92. The molecule has 1 fully saturated rings. The van der Waals surface area contributed by atoms with Crippen LogP contribution in [0.5, 0.6) is 0 Å². The Labute approximate surface area is 188 Å². The number of piperazine rings is 1. The van der Waals surface area contributed by atoms with Crippen molar-refractivity contribution in [2.45, 2.75) is 11.3 Å². The smallest absolute Gasteiger partial charge is 0.255 e. The van der Waals surface area contributed by atoms with Crippen molar-refractivity contribution >= 4 is 21.6 Å². The summed E-state index contributed by atoms with van der Waals surface area (Å²) in [4.78, 5) is 15.2. The van der Waals surface area contributed by atoms with Crippen LogP contribution < -0.4 is 5.32 Å². The lowest BCUT2D eigenvalue weighted by Crippen LogP contribution is -2.47. The van der Waals surface area contributed by atoms with Gasteiger partial charge in [0.25, 0.3) is 5.91 Å². The van der Waals surface area contributed by atoms with E-state index in [4.69, 9.17) is 0 Å². The van der Waals surface area contributed by atoms with Crippen LogP contribution in [0.3, 0.4) is 0 Å². The minimum atomic E-state index is -3.63. The van der Waals surface area contributed by atoms with E-state index in [1.165, 1.54) is 32.6 Å². The molecule has 1 amide bonds. The molecule has 164 valence electrons. The van der Waals surface area contributed by atoms with E-state index in [0.717, 1.165) is 6.42 Å². The van der Waals surface area contributed by atoms with Crippen LogP contribution in [0, 0.1) is 0 Å². The molecular weight excluding hydrogens is 422 g/mol. The number of anilines is 1. The Hall–Kier alpha value is -3.00. The standard InChI is InChI=1S/C25H25N3O3S/c1-27-11-13-28(14-12-27)32(30,31)22-7-4-6-19(17-22)25(29)26-21-9-10-24-20(16-21)15-18-5-2-3-8-23(18)24/h2-10,16-17H,11-15H2,1H3,(H,26,29). The summed E-state index contributed by atoms with van der Waals surface area (Å²) >= 11 is 0. The molecule has 1 saturated heterocycles. The number of fused-ring (bicyclic) bond motifs is 3. The molecule has 0 atom stereocenters. The van der Waals surface area contributed by atoms with E-state index in [-0.39, 0.29) is 10.8 Å². The molecule has 3 aromatic rings. The maximum Gasteiger partial charge on any atom is 0.255 e. The number of nitrogens with zero attached hydrogens (tertiary/aromatic N) is 2. The average Bonchev–Trinajstić information content (AvgIpc) is 3.17. The molecule has 0 unspecified atom stereocenters. The van der Waals surface area contributed by atoms with Crippen LogP contribution in [0.2, 0.25) is 0 Å². The summed E-state index contributed by atoms with van der Waals surface area (Å²) in [5, 5.41) is 2.92. The summed E-state index contributed by atoms with van der Waals surface area (Å²) in [6, 6.07) is 20.5. The average molecular weight is 448 g/mol. The first-order valence-corrected chi connectivity index (χ1v) is 12.2. The van der Waals surface area contributed by atoms with Crippen molar-refractivity contribution in [2.75, 3.05) is 38.5 Å². The zero-order chi connectivity index (χ0) is 22.3. The van der Waals surface area contributed by atoms with E-state index in [2.05, 4.69) is 22.3 Å². The van der Waals surface area contributed by atoms with E-state index < -0.39 is 10.0 Å². The van der Waals surface area contributed by atoms with Gasteiger partial charge >= 0.3 is 0 Å². The molecular formula is C25H25N3O3S. The fourth-order valence-corrected chi connectivity index (χ4v) is 5.87. The molecule has 2 aliphatic rings. The zero-order valence-corrected chi connectivity index (χ0v) is 18.7. The second-order valence-corrected chi connectivity index (χ2v) is 10.3. The molecule has 7 heteroatoms. The fourth-order valence-electron chi connectivity index (χ4n) is 4.40. The normalized spacial score (nSPS) is 16.4. The Kier molecular flexibility index (Phi) is 5.33. The van der Waals surface area contributed by atoms with Gasteiger partial charge in [-0.25, -0.2) is 8.42 Å². The lowest BCUT2D eigenvalue weighted by Gasteiger charge is -2.31. The number of sulfonamides is 1. The van der Waals surface area contributed by atoms with E-state index in [1.54, 1.807) is 18.2 Å². The second kappa shape index (κ2) is 8.16. The van der Waals surface area contributed by atoms with Crippen LogP contribution in [0.15, 0.2) is 71.6 Å². The number of amides is 1. The van der Waals surface area contributed by atoms with E-state index >= 15 is 0 Å². The van der Waals surface area contributed by atoms with Gasteiger partial charge in [-0.1, -0.05) is 36.4 Å². The van der Waals surface area contributed by atoms with Gasteiger partial charge < -0.3 is 10.2 Å². The summed E-state index contributed by atoms with van der Waals surface area (Å²) in [7, 11) is -1.65. The topological polar surface area (TPSA) is 69.7 Å². The molecule has 1 aliphatic carbocycles. The van der Waals surface area contributed by atoms with Gasteiger partial charge in [-0.05, 0) is 66.1 Å². The number of likely N-dealkylation sites (N-methyl/N-ethyl adjacent to an activating group) is 1. The maximum atomic E-state index is 13.0. The van der Waals surface area contributed by atoms with Crippen LogP contribution >= 0.6 is 0 Å². The van der Waals surface area contributed by atoms with Crippen molar-refractivity contribution in [3.63, 3.8) is 0 Å². The Morgan fingerprint density at radius 3 is 2.41 bits per heavy atom. The number of rotatable bonds is 4. The van der Waals surface area contributed by atoms with Crippen LogP contribution in [-0.4, -0.2) is 56.8 Å². The summed E-state index contributed by atoms with van der Waals surface area (Å²) < 4.78 is 27.6. The Morgan fingerprint density at radius 1 is 0.844 bits per heavy atom. The number of nitrogens with one attached hydrogen (secondary N) is 1. The molecule has 1 heterocycles. The van der Waals surface area contributed by atoms with Crippen LogP contribution in [0.25, 0.3) is 11.1 Å². The van der Waals surface area contributed by atoms with Gasteiger partial charge in [0.2, 0.25) is 10.0 Å². The molecule has 3 aromatic carbocycles. The molecule has 0 saturated carbocycles. The Bertz CT molecular complexity index is 1300. The van der Waals surface area contributed by atoms with E-state index in [1.807, 2.05) is 37.4 Å². The molecule has 5 rings (SSSR count). The molecule has 0 spiro atoms. The molecule has 0 aromatic heterocycles. The third kappa shape index (κ3) is 3.83. The summed E-state index contributed by atoms with van der Waals surface area (Å²) in [6.45, 7) is 2.29. The Morgan fingerprint density at radius 2 is 1.59 bits per heavy atom. The minimum Gasteiger partial charge on any atom is -0.322 e. The van der Waals surface area contributed by atoms with Crippen molar-refractivity contribution in [1.82, 2.24) is 9.21 Å². The van der Waals surface area contributed by atoms with Crippen molar-refractivity contribution in [2.24, 2.45) is 0 Å². The second-order valence-electron chi connectivity index (χ2n) is 8.40. The zero-order valence-electron chi connectivity index (χ0n) is 17.9. The number of hydrogen-bond acceptors (Lipinski definition) is 4. The largest absolute Gasteiger partial charge is 0.322 e. The lowest BCUT2D eigenvalue weighted by atomic mass is 10.1. The van der Waals surface area contributed by atoms with E-state index in [0.29, 0.717) is 37.4 Å². The van der Waals surface area contributed by atoms with Crippen molar-refractivity contribution in [3.8, 4) is 11.1 Å². The van der Waals surface area contributed by atoms with Gasteiger partial charge in [0, 0.05) is 37.4 Å². The van der Waals surface area contributed by atoms with Crippen LogP contribution in [0.4, 0.5) is 5.69 Å². The first-order chi connectivity index (χ1) is 15.4. The third-order valence-corrected chi connectivity index (χ3v) is 8.14. The monoisotopic (exact) mass is 447 g/mol. The highest BCUT2D eigenvalue weighted by atomic mass is 32.2. The van der Waals surface area contributed by atoms with Crippen molar-refractivity contribution in [1.29, 1.82) is 0 Å². The van der Waals surface area contributed by atoms with Gasteiger partial charge in [-0.3, -0.25) is 4.79 Å². The highest BCUT2D eigenvalue weighted by molar-refractivity contribution is 7.89. The number of carbonyl (C=O) groups excluding carboxylic acids is 1. The predicted molar refractivity (Wildman–Crippen MR) is 125 cm³/mol. The Balaban J connectivity index is 1.34. The van der Waals surface area contributed by atoms with Crippen LogP contribution in [-0.2, 0) is 16.4 Å². The minimum absolute atomic E-state index is 0.152. The SMILES string of the molecule is CN1CCN(S(=O)(=O)c2cccc(C(=O)Nc3ccc4c(c3)Cc3ccccc3-4)c2)CC1. The molecule has 32 heavy (non-hydrogen) atoms. The summed E-state index contributed by atoms with van der Waals surface area (Å²) in [6.07, 6.45) is 0.841. The quantitative estimate of drug-likeness (QED) is 0.520. The number of carbonyl (C=O) groups is 1. The van der Waals surface area contributed by atoms with Gasteiger partial charge in [-0.2, -0.15) is 4.31 Å². The molecule has 0 bridgehead atoms. The predicted octanol–water partition coefficient (Wildman–Crippen LogP) is 3.45. The lowest BCUT2D eigenvalue weighted by molar-refractivity contribution is 0.102.